The fourth-order valence-corrected chi connectivity index (χ4v) is 1.90. The zero-order valence-electron chi connectivity index (χ0n) is 9.91. The van der Waals surface area contributed by atoms with Crippen LogP contribution in [0.25, 0.3) is 11.0 Å². The molecule has 20 heavy (non-hydrogen) atoms. The zero-order chi connectivity index (χ0) is 14.1. The summed E-state index contributed by atoms with van der Waals surface area (Å²) in [5, 5.41) is 11.4. The van der Waals surface area contributed by atoms with Crippen LogP contribution in [0.4, 0.5) is 5.69 Å². The summed E-state index contributed by atoms with van der Waals surface area (Å²) in [6, 6.07) is 7.56. The summed E-state index contributed by atoms with van der Waals surface area (Å²) in [4.78, 5) is 21.1. The number of aromatic nitrogens is 3. The molecule has 0 amide bonds. The lowest BCUT2D eigenvalue weighted by Gasteiger charge is -2.05. The minimum absolute atomic E-state index is 0.0281. The Hall–Kier alpha value is -2.67. The molecular formula is C12H7ClN4O3. The van der Waals surface area contributed by atoms with Crippen molar-refractivity contribution in [1.82, 2.24) is 15.0 Å². The summed E-state index contributed by atoms with van der Waals surface area (Å²) >= 11 is 5.80. The molecule has 7 nitrogen and oxygen atoms in total. The van der Waals surface area contributed by atoms with Crippen LogP contribution in [0, 0.1) is 10.1 Å². The number of rotatable bonds is 3. The monoisotopic (exact) mass is 290 g/mol. The average molecular weight is 291 g/mol. The Bertz CT molecular complexity index is 802. The van der Waals surface area contributed by atoms with Gasteiger partial charge in [-0.25, -0.2) is 0 Å². The maximum Gasteiger partial charge on any atom is 0.273 e. The summed E-state index contributed by atoms with van der Waals surface area (Å²) in [5.74, 6) is 0.540. The van der Waals surface area contributed by atoms with Crippen molar-refractivity contribution < 1.29 is 9.66 Å². The lowest BCUT2D eigenvalue weighted by Crippen LogP contribution is -1.93. The van der Waals surface area contributed by atoms with E-state index in [1.165, 1.54) is 18.2 Å². The molecule has 8 heteroatoms. The molecule has 0 fully saturated rings. The molecule has 0 unspecified atom stereocenters. The first-order valence-corrected chi connectivity index (χ1v) is 5.94. The number of nitro groups is 1. The Balaban J connectivity index is 2.02. The molecule has 0 saturated carbocycles. The second-order valence-electron chi connectivity index (χ2n) is 3.89. The Morgan fingerprint density at radius 2 is 2.15 bits per heavy atom. The van der Waals surface area contributed by atoms with E-state index in [-0.39, 0.29) is 16.9 Å². The van der Waals surface area contributed by atoms with Crippen molar-refractivity contribution in [3.8, 4) is 11.6 Å². The standard InChI is InChI=1S/C12H7ClN4O3/c13-12-15-10-9(4-5-14-10)11(16-12)20-8-3-1-2-7(6-8)17(18)19/h1-6H,(H,14,15,16). The van der Waals surface area contributed by atoms with Gasteiger partial charge in [-0.2, -0.15) is 9.97 Å². The quantitative estimate of drug-likeness (QED) is 0.453. The van der Waals surface area contributed by atoms with Gasteiger partial charge < -0.3 is 9.72 Å². The van der Waals surface area contributed by atoms with Gasteiger partial charge in [-0.1, -0.05) is 6.07 Å². The fourth-order valence-electron chi connectivity index (χ4n) is 1.74. The van der Waals surface area contributed by atoms with Gasteiger partial charge in [0.1, 0.15) is 11.4 Å². The first kappa shape index (κ1) is 12.4. The van der Waals surface area contributed by atoms with Crippen LogP contribution in [0.5, 0.6) is 11.6 Å². The lowest BCUT2D eigenvalue weighted by atomic mass is 10.3. The molecule has 1 aromatic carbocycles. The van der Waals surface area contributed by atoms with E-state index in [1.54, 1.807) is 18.3 Å². The summed E-state index contributed by atoms with van der Waals surface area (Å²) in [7, 11) is 0. The van der Waals surface area contributed by atoms with E-state index >= 15 is 0 Å². The largest absolute Gasteiger partial charge is 0.438 e. The predicted molar refractivity (Wildman–Crippen MR) is 72.1 cm³/mol. The molecule has 2 aromatic heterocycles. The van der Waals surface area contributed by atoms with Crippen molar-refractivity contribution >= 4 is 28.3 Å². The highest BCUT2D eigenvalue weighted by molar-refractivity contribution is 6.28. The van der Waals surface area contributed by atoms with Crippen LogP contribution in [0.3, 0.4) is 0 Å². The lowest BCUT2D eigenvalue weighted by molar-refractivity contribution is -0.384. The number of ether oxygens (including phenoxy) is 1. The molecular weight excluding hydrogens is 284 g/mol. The summed E-state index contributed by atoms with van der Waals surface area (Å²) in [6.07, 6.45) is 1.68. The van der Waals surface area contributed by atoms with Gasteiger partial charge in [0.05, 0.1) is 16.4 Å². The number of fused-ring (bicyclic) bond motifs is 1. The number of nitrogens with zero attached hydrogens (tertiary/aromatic N) is 3. The van der Waals surface area contributed by atoms with Crippen LogP contribution in [0.15, 0.2) is 36.5 Å². The summed E-state index contributed by atoms with van der Waals surface area (Å²) in [5.41, 5.74) is 0.471. The van der Waals surface area contributed by atoms with Gasteiger partial charge in [0, 0.05) is 12.3 Å². The predicted octanol–water partition coefficient (Wildman–Crippen LogP) is 3.31. The second-order valence-corrected chi connectivity index (χ2v) is 4.23. The Morgan fingerprint density at radius 1 is 1.30 bits per heavy atom. The van der Waals surface area contributed by atoms with Crippen molar-refractivity contribution in [3.63, 3.8) is 0 Å². The molecule has 0 radical (unpaired) electrons. The maximum atomic E-state index is 10.7. The molecule has 0 aliphatic heterocycles. The van der Waals surface area contributed by atoms with Crippen LogP contribution in [0.2, 0.25) is 5.28 Å². The van der Waals surface area contributed by atoms with Crippen molar-refractivity contribution in [2.24, 2.45) is 0 Å². The molecule has 3 rings (SSSR count). The number of nitro benzene ring substituents is 1. The third-order valence-electron chi connectivity index (χ3n) is 2.60. The fraction of sp³-hybridized carbons (Fsp3) is 0. The van der Waals surface area contributed by atoms with E-state index in [9.17, 15) is 10.1 Å². The highest BCUT2D eigenvalue weighted by Gasteiger charge is 2.12. The smallest absolute Gasteiger partial charge is 0.273 e. The van der Waals surface area contributed by atoms with Gasteiger partial charge in [-0.05, 0) is 23.7 Å². The van der Waals surface area contributed by atoms with E-state index in [1.807, 2.05) is 0 Å². The molecule has 0 aliphatic carbocycles. The number of halogens is 1. The minimum atomic E-state index is -0.494. The number of nitrogens with one attached hydrogen (secondary N) is 1. The van der Waals surface area contributed by atoms with Crippen LogP contribution in [-0.2, 0) is 0 Å². The van der Waals surface area contributed by atoms with Gasteiger partial charge in [-0.3, -0.25) is 10.1 Å². The van der Waals surface area contributed by atoms with E-state index in [0.29, 0.717) is 16.8 Å². The van der Waals surface area contributed by atoms with E-state index < -0.39 is 4.92 Å². The molecule has 0 saturated heterocycles. The number of aromatic amines is 1. The van der Waals surface area contributed by atoms with Crippen molar-refractivity contribution in [3.05, 3.63) is 51.9 Å². The Labute approximate surface area is 117 Å². The van der Waals surface area contributed by atoms with Crippen molar-refractivity contribution in [2.75, 3.05) is 0 Å². The summed E-state index contributed by atoms with van der Waals surface area (Å²) < 4.78 is 5.56. The topological polar surface area (TPSA) is 93.9 Å². The van der Waals surface area contributed by atoms with Gasteiger partial charge in [-0.15, -0.1) is 0 Å². The second kappa shape index (κ2) is 4.78. The molecule has 2 heterocycles. The average Bonchev–Trinajstić information content (AvgIpc) is 2.87. The van der Waals surface area contributed by atoms with Gasteiger partial charge in [0.2, 0.25) is 11.2 Å². The molecule has 0 spiro atoms. The number of benzene rings is 1. The first-order valence-electron chi connectivity index (χ1n) is 5.56. The SMILES string of the molecule is O=[N+]([O-])c1cccc(Oc2nc(Cl)nc3[nH]ccc23)c1. The zero-order valence-corrected chi connectivity index (χ0v) is 10.7. The molecule has 0 bridgehead atoms. The number of non-ortho nitro benzene ring substituents is 1. The van der Waals surface area contributed by atoms with E-state index in [2.05, 4.69) is 15.0 Å². The molecule has 3 aromatic rings. The maximum absolute atomic E-state index is 10.7. The van der Waals surface area contributed by atoms with E-state index in [4.69, 9.17) is 16.3 Å². The van der Waals surface area contributed by atoms with Crippen LogP contribution in [0.1, 0.15) is 0 Å². The molecule has 0 atom stereocenters. The molecule has 1 N–H and O–H groups in total. The number of H-pyrrole nitrogens is 1. The number of hydrogen-bond donors (Lipinski definition) is 1. The van der Waals surface area contributed by atoms with Gasteiger partial charge in [0.25, 0.3) is 5.69 Å². The Kier molecular flexibility index (Phi) is 2.96. The Morgan fingerprint density at radius 3 is 2.95 bits per heavy atom. The van der Waals surface area contributed by atoms with Crippen molar-refractivity contribution in [1.29, 1.82) is 0 Å². The highest BCUT2D eigenvalue weighted by atomic mass is 35.5. The first-order chi connectivity index (χ1) is 9.63. The third kappa shape index (κ3) is 2.26. The number of hydrogen-bond acceptors (Lipinski definition) is 5. The third-order valence-corrected chi connectivity index (χ3v) is 2.77. The van der Waals surface area contributed by atoms with Gasteiger partial charge in [0.15, 0.2) is 0 Å². The van der Waals surface area contributed by atoms with Crippen LogP contribution >= 0.6 is 11.6 Å². The molecule has 0 aliphatic rings. The van der Waals surface area contributed by atoms with Crippen LogP contribution < -0.4 is 4.74 Å². The van der Waals surface area contributed by atoms with Crippen LogP contribution in [-0.4, -0.2) is 19.9 Å². The van der Waals surface area contributed by atoms with Crippen molar-refractivity contribution in [2.45, 2.75) is 0 Å². The highest BCUT2D eigenvalue weighted by Crippen LogP contribution is 2.29. The summed E-state index contributed by atoms with van der Waals surface area (Å²) in [6.45, 7) is 0. The normalized spacial score (nSPS) is 10.7. The minimum Gasteiger partial charge on any atom is -0.438 e. The molecule has 100 valence electrons. The van der Waals surface area contributed by atoms with E-state index in [0.717, 1.165) is 0 Å². The van der Waals surface area contributed by atoms with Gasteiger partial charge >= 0.3 is 0 Å².